The molecule has 0 amide bonds. The molecule has 0 radical (unpaired) electrons. The molecule has 0 unspecified atom stereocenters. The highest BCUT2D eigenvalue weighted by Gasteiger charge is 1.92. The molecule has 2 nitrogen and oxygen atoms in total. The molecule has 0 heterocycles. The Balaban J connectivity index is 3.50. The standard InChI is InChI=1S/C24H36O2/c1-2-3-4-5-6-7-8-9-10-11-12-13-14-15-16-17-18-19-20-21-22-23-24(25)26/h4-5,7-8,10-11,13-14,16-17,19-20H,2-3,6,9,12,15,18,21-23H2,1H3,(H,25,26)/b5-4+,8-7+,11-10+,14-13+,17-16+,20-19+. The molecule has 0 bridgehead atoms. The number of unbranched alkanes of at least 4 members (excludes halogenated alkanes) is 2. The minimum Gasteiger partial charge on any atom is -0.481 e. The van der Waals surface area contributed by atoms with E-state index in [1.54, 1.807) is 0 Å². The van der Waals surface area contributed by atoms with Crippen LogP contribution in [0.2, 0.25) is 0 Å². The van der Waals surface area contributed by atoms with Crippen LogP contribution < -0.4 is 0 Å². The van der Waals surface area contributed by atoms with Crippen LogP contribution in [0, 0.1) is 0 Å². The summed E-state index contributed by atoms with van der Waals surface area (Å²) in [5.74, 6) is -0.716. The monoisotopic (exact) mass is 356 g/mol. The average Bonchev–Trinajstić information content (AvgIpc) is 2.62. The normalized spacial score (nSPS) is 13.0. The first-order valence-electron chi connectivity index (χ1n) is 9.89. The molecule has 0 aliphatic heterocycles. The Morgan fingerprint density at radius 1 is 0.615 bits per heavy atom. The smallest absolute Gasteiger partial charge is 0.303 e. The molecular weight excluding hydrogens is 320 g/mol. The predicted molar refractivity (Wildman–Crippen MR) is 114 cm³/mol. The third-order valence-corrected chi connectivity index (χ3v) is 3.58. The summed E-state index contributed by atoms with van der Waals surface area (Å²) in [5.41, 5.74) is 0. The number of aliphatic carboxylic acids is 1. The fourth-order valence-electron chi connectivity index (χ4n) is 2.13. The van der Waals surface area contributed by atoms with Crippen molar-refractivity contribution in [3.8, 4) is 0 Å². The molecule has 0 rings (SSSR count). The van der Waals surface area contributed by atoms with Crippen molar-refractivity contribution in [2.24, 2.45) is 0 Å². The van der Waals surface area contributed by atoms with Crippen molar-refractivity contribution < 1.29 is 9.90 Å². The summed E-state index contributed by atoms with van der Waals surface area (Å²) < 4.78 is 0. The molecule has 0 aromatic rings. The highest BCUT2D eigenvalue weighted by Crippen LogP contribution is 1.99. The SMILES string of the molecule is CCC/C=C/C/C=C/C/C=C/C/C=C/C/C=C/C/C=C/CCCC(=O)O. The summed E-state index contributed by atoms with van der Waals surface area (Å²) in [7, 11) is 0. The molecule has 0 atom stereocenters. The Morgan fingerprint density at radius 3 is 1.31 bits per heavy atom. The second-order valence-electron chi connectivity index (χ2n) is 6.08. The van der Waals surface area contributed by atoms with E-state index in [0.717, 1.165) is 44.9 Å². The lowest BCUT2D eigenvalue weighted by Crippen LogP contribution is -1.92. The highest BCUT2D eigenvalue weighted by molar-refractivity contribution is 5.66. The number of carbonyl (C=O) groups is 1. The second-order valence-corrected chi connectivity index (χ2v) is 6.08. The Hall–Kier alpha value is -2.09. The zero-order valence-electron chi connectivity index (χ0n) is 16.4. The Morgan fingerprint density at radius 2 is 0.962 bits per heavy atom. The number of carboxylic acid groups (broad SMARTS) is 1. The molecule has 0 fully saturated rings. The number of allylic oxidation sites excluding steroid dienone is 12. The number of hydrogen-bond acceptors (Lipinski definition) is 1. The molecule has 144 valence electrons. The van der Waals surface area contributed by atoms with Gasteiger partial charge in [-0.25, -0.2) is 0 Å². The molecule has 0 aliphatic carbocycles. The van der Waals surface area contributed by atoms with Crippen LogP contribution in [0.4, 0.5) is 0 Å². The zero-order valence-corrected chi connectivity index (χ0v) is 16.4. The van der Waals surface area contributed by atoms with Crippen molar-refractivity contribution in [1.29, 1.82) is 0 Å². The lowest BCUT2D eigenvalue weighted by atomic mass is 10.2. The molecule has 0 aromatic heterocycles. The fraction of sp³-hybridized carbons (Fsp3) is 0.458. The van der Waals surface area contributed by atoms with Crippen molar-refractivity contribution in [3.05, 3.63) is 72.9 Å². The Labute approximate surface area is 160 Å². The maximum atomic E-state index is 10.3. The molecular formula is C24H36O2. The first-order valence-corrected chi connectivity index (χ1v) is 9.89. The summed E-state index contributed by atoms with van der Waals surface area (Å²) in [6.45, 7) is 2.20. The van der Waals surface area contributed by atoms with Crippen molar-refractivity contribution >= 4 is 5.97 Å². The van der Waals surface area contributed by atoms with Crippen molar-refractivity contribution in [2.45, 2.75) is 71.1 Å². The summed E-state index contributed by atoms with van der Waals surface area (Å²) in [4.78, 5) is 10.3. The topological polar surface area (TPSA) is 37.3 Å². The van der Waals surface area contributed by atoms with Crippen molar-refractivity contribution in [3.63, 3.8) is 0 Å². The van der Waals surface area contributed by atoms with E-state index in [-0.39, 0.29) is 6.42 Å². The van der Waals surface area contributed by atoms with Crippen LogP contribution in [0.15, 0.2) is 72.9 Å². The van der Waals surface area contributed by atoms with E-state index in [4.69, 9.17) is 5.11 Å². The van der Waals surface area contributed by atoms with E-state index < -0.39 is 5.97 Å². The molecule has 0 saturated heterocycles. The van der Waals surface area contributed by atoms with Gasteiger partial charge in [0.2, 0.25) is 0 Å². The van der Waals surface area contributed by atoms with Crippen LogP contribution in [-0.2, 0) is 4.79 Å². The summed E-state index contributed by atoms with van der Waals surface area (Å²) in [6.07, 6.45) is 35.3. The van der Waals surface area contributed by atoms with Crippen LogP contribution in [0.3, 0.4) is 0 Å². The van der Waals surface area contributed by atoms with Crippen LogP contribution >= 0.6 is 0 Å². The van der Waals surface area contributed by atoms with E-state index in [1.165, 1.54) is 12.8 Å². The third-order valence-electron chi connectivity index (χ3n) is 3.58. The first kappa shape index (κ1) is 23.9. The predicted octanol–water partition coefficient (Wildman–Crippen LogP) is 7.33. The third kappa shape index (κ3) is 21.9. The van der Waals surface area contributed by atoms with Crippen LogP contribution in [0.25, 0.3) is 0 Å². The largest absolute Gasteiger partial charge is 0.481 e. The number of hydrogen-bond donors (Lipinski definition) is 1. The average molecular weight is 357 g/mol. The van der Waals surface area contributed by atoms with E-state index in [1.807, 2.05) is 0 Å². The van der Waals surface area contributed by atoms with Crippen molar-refractivity contribution in [1.82, 2.24) is 0 Å². The van der Waals surface area contributed by atoms with Gasteiger partial charge in [-0.15, -0.1) is 0 Å². The van der Waals surface area contributed by atoms with Crippen LogP contribution in [-0.4, -0.2) is 11.1 Å². The maximum absolute atomic E-state index is 10.3. The molecule has 26 heavy (non-hydrogen) atoms. The molecule has 0 aromatic carbocycles. The number of rotatable bonds is 16. The summed E-state index contributed by atoms with van der Waals surface area (Å²) in [6, 6.07) is 0. The Kier molecular flexibility index (Phi) is 19.3. The maximum Gasteiger partial charge on any atom is 0.303 e. The summed E-state index contributed by atoms with van der Waals surface area (Å²) in [5, 5.41) is 8.52. The lowest BCUT2D eigenvalue weighted by molar-refractivity contribution is -0.137. The minimum atomic E-state index is -0.716. The van der Waals surface area contributed by atoms with Crippen molar-refractivity contribution in [2.75, 3.05) is 0 Å². The second kappa shape index (κ2) is 21.0. The van der Waals surface area contributed by atoms with E-state index in [9.17, 15) is 4.79 Å². The zero-order chi connectivity index (χ0) is 19.1. The lowest BCUT2D eigenvalue weighted by Gasteiger charge is -1.90. The Bertz CT molecular complexity index is 490. The molecule has 2 heteroatoms. The van der Waals surface area contributed by atoms with E-state index >= 15 is 0 Å². The van der Waals surface area contributed by atoms with E-state index in [2.05, 4.69) is 79.8 Å². The fourth-order valence-corrected chi connectivity index (χ4v) is 2.13. The van der Waals surface area contributed by atoms with Gasteiger partial charge in [0.15, 0.2) is 0 Å². The molecule has 0 saturated carbocycles. The molecule has 1 N–H and O–H groups in total. The van der Waals surface area contributed by atoms with Gasteiger partial charge in [-0.1, -0.05) is 86.3 Å². The van der Waals surface area contributed by atoms with E-state index in [0.29, 0.717) is 0 Å². The van der Waals surface area contributed by atoms with Crippen LogP contribution in [0.1, 0.15) is 71.1 Å². The van der Waals surface area contributed by atoms with Gasteiger partial charge >= 0.3 is 5.97 Å². The van der Waals surface area contributed by atoms with Crippen LogP contribution in [0.5, 0.6) is 0 Å². The van der Waals surface area contributed by atoms with Gasteiger partial charge in [-0.3, -0.25) is 4.79 Å². The highest BCUT2D eigenvalue weighted by atomic mass is 16.4. The van der Waals surface area contributed by atoms with Gasteiger partial charge in [-0.05, 0) is 51.4 Å². The minimum absolute atomic E-state index is 0.256. The van der Waals surface area contributed by atoms with Gasteiger partial charge < -0.3 is 5.11 Å². The number of carboxylic acids is 1. The van der Waals surface area contributed by atoms with Gasteiger partial charge in [0, 0.05) is 6.42 Å². The van der Waals surface area contributed by atoms with Gasteiger partial charge in [0.25, 0.3) is 0 Å². The van der Waals surface area contributed by atoms with Gasteiger partial charge in [-0.2, -0.15) is 0 Å². The van der Waals surface area contributed by atoms with Gasteiger partial charge in [0.05, 0.1) is 0 Å². The van der Waals surface area contributed by atoms with Gasteiger partial charge in [0.1, 0.15) is 0 Å². The molecule has 0 aliphatic rings. The first-order chi connectivity index (χ1) is 12.8. The molecule has 0 spiro atoms. The summed E-state index contributed by atoms with van der Waals surface area (Å²) >= 11 is 0. The quantitative estimate of drug-likeness (QED) is 0.232.